The molecule has 1 aromatic rings. The maximum Gasteiger partial charge on any atom is 0.311 e. The summed E-state index contributed by atoms with van der Waals surface area (Å²) < 4.78 is 4.94. The van der Waals surface area contributed by atoms with E-state index in [2.05, 4.69) is 10.3 Å². The van der Waals surface area contributed by atoms with Crippen LogP contribution >= 0.6 is 0 Å². The van der Waals surface area contributed by atoms with E-state index in [1.807, 2.05) is 6.92 Å². The van der Waals surface area contributed by atoms with E-state index in [9.17, 15) is 10.1 Å². The van der Waals surface area contributed by atoms with E-state index >= 15 is 0 Å². The highest BCUT2D eigenvalue weighted by Crippen LogP contribution is 2.25. The number of nitrogens with one attached hydrogen (secondary N) is 1. The zero-order chi connectivity index (χ0) is 13.5. The highest BCUT2D eigenvalue weighted by Gasteiger charge is 2.17. The molecule has 0 aromatic carbocycles. The molecule has 0 saturated heterocycles. The Morgan fingerprint density at radius 3 is 2.89 bits per heavy atom. The Hall–Kier alpha value is -1.89. The number of pyridine rings is 1. The Balaban J connectivity index is 2.86. The average molecular weight is 255 g/mol. The lowest BCUT2D eigenvalue weighted by molar-refractivity contribution is -0.384. The first-order valence-corrected chi connectivity index (χ1v) is 5.65. The minimum absolute atomic E-state index is 0.0181. The van der Waals surface area contributed by atoms with E-state index in [1.165, 1.54) is 19.2 Å². The van der Waals surface area contributed by atoms with E-state index in [4.69, 9.17) is 9.84 Å². The number of aliphatic hydroxyl groups is 1. The van der Waals surface area contributed by atoms with Gasteiger partial charge >= 0.3 is 5.69 Å². The monoisotopic (exact) mass is 255 g/mol. The van der Waals surface area contributed by atoms with Crippen LogP contribution in [0.25, 0.3) is 0 Å². The van der Waals surface area contributed by atoms with Crippen molar-refractivity contribution in [3.05, 3.63) is 22.2 Å². The molecular formula is C11H17N3O4. The maximum absolute atomic E-state index is 10.9. The minimum Gasteiger partial charge on any atom is -0.481 e. The van der Waals surface area contributed by atoms with Crippen LogP contribution in [0.5, 0.6) is 5.88 Å². The Morgan fingerprint density at radius 1 is 1.61 bits per heavy atom. The summed E-state index contributed by atoms with van der Waals surface area (Å²) in [5, 5.41) is 22.6. The highest BCUT2D eigenvalue weighted by molar-refractivity contribution is 5.57. The molecule has 100 valence electrons. The molecule has 0 aliphatic carbocycles. The van der Waals surface area contributed by atoms with Crippen LogP contribution in [0.3, 0.4) is 0 Å². The van der Waals surface area contributed by atoms with Crippen molar-refractivity contribution in [2.24, 2.45) is 0 Å². The zero-order valence-corrected chi connectivity index (χ0v) is 10.4. The molecule has 18 heavy (non-hydrogen) atoms. The molecule has 1 rings (SSSR count). The van der Waals surface area contributed by atoms with Crippen LogP contribution in [0, 0.1) is 10.1 Å². The molecular weight excluding hydrogens is 238 g/mol. The number of methoxy groups -OCH3 is 1. The van der Waals surface area contributed by atoms with Gasteiger partial charge in [0.1, 0.15) is 0 Å². The predicted octanol–water partition coefficient (Wildman–Crippen LogP) is 1.57. The number of nitrogens with zero attached hydrogens (tertiary/aromatic N) is 2. The molecule has 0 spiro atoms. The van der Waals surface area contributed by atoms with E-state index in [-0.39, 0.29) is 24.2 Å². The summed E-state index contributed by atoms with van der Waals surface area (Å²) in [6.45, 7) is 1.97. The molecule has 1 unspecified atom stereocenters. The van der Waals surface area contributed by atoms with Crippen LogP contribution in [-0.4, -0.2) is 34.8 Å². The standard InChI is InChI=1S/C11H17N3O4/c1-8(4-3-7-15)12-11-9(14(16)17)5-6-10(13-11)18-2/h5-6,8,15H,3-4,7H2,1-2H3,(H,12,13). The molecule has 0 fully saturated rings. The maximum atomic E-state index is 10.9. The molecule has 7 heteroatoms. The summed E-state index contributed by atoms with van der Waals surface area (Å²) in [6, 6.07) is 2.78. The van der Waals surface area contributed by atoms with E-state index < -0.39 is 4.92 Å². The molecule has 0 bridgehead atoms. The molecule has 0 saturated carbocycles. The highest BCUT2D eigenvalue weighted by atomic mass is 16.6. The van der Waals surface area contributed by atoms with Gasteiger partial charge in [0.15, 0.2) is 0 Å². The van der Waals surface area contributed by atoms with Crippen molar-refractivity contribution in [2.45, 2.75) is 25.8 Å². The molecule has 1 aromatic heterocycles. The van der Waals surface area contributed by atoms with Crippen molar-refractivity contribution in [1.82, 2.24) is 4.98 Å². The first kappa shape index (κ1) is 14.2. The molecule has 1 heterocycles. The fraction of sp³-hybridized carbons (Fsp3) is 0.545. The average Bonchev–Trinajstić information content (AvgIpc) is 2.35. The topological polar surface area (TPSA) is 97.5 Å². The van der Waals surface area contributed by atoms with E-state index in [0.717, 1.165) is 0 Å². The van der Waals surface area contributed by atoms with Gasteiger partial charge in [-0.3, -0.25) is 10.1 Å². The van der Waals surface area contributed by atoms with Crippen LogP contribution in [0.2, 0.25) is 0 Å². The minimum atomic E-state index is -0.493. The van der Waals surface area contributed by atoms with Gasteiger partial charge in [-0.2, -0.15) is 4.98 Å². The number of nitro groups is 1. The Kier molecular flexibility index (Phi) is 5.31. The Bertz CT molecular complexity index is 411. The van der Waals surface area contributed by atoms with E-state index in [0.29, 0.717) is 18.7 Å². The second kappa shape index (κ2) is 6.75. The van der Waals surface area contributed by atoms with Gasteiger partial charge in [-0.25, -0.2) is 0 Å². The van der Waals surface area contributed by atoms with Crippen molar-refractivity contribution in [1.29, 1.82) is 0 Å². The van der Waals surface area contributed by atoms with Crippen LogP contribution in [-0.2, 0) is 0 Å². The van der Waals surface area contributed by atoms with Crippen LogP contribution in [0.1, 0.15) is 19.8 Å². The van der Waals surface area contributed by atoms with Crippen LogP contribution < -0.4 is 10.1 Å². The number of hydrogen-bond acceptors (Lipinski definition) is 6. The summed E-state index contributed by atoms with van der Waals surface area (Å²) in [6.07, 6.45) is 1.33. The second-order valence-corrected chi connectivity index (χ2v) is 3.89. The number of hydrogen-bond donors (Lipinski definition) is 2. The third-order valence-electron chi connectivity index (χ3n) is 2.43. The Labute approximate surface area is 105 Å². The summed E-state index contributed by atoms with van der Waals surface area (Å²) in [7, 11) is 1.45. The number of rotatable bonds is 7. The van der Waals surface area contributed by atoms with Crippen molar-refractivity contribution in [3.8, 4) is 5.88 Å². The van der Waals surface area contributed by atoms with Crippen molar-refractivity contribution in [3.63, 3.8) is 0 Å². The molecule has 7 nitrogen and oxygen atoms in total. The van der Waals surface area contributed by atoms with Crippen molar-refractivity contribution >= 4 is 11.5 Å². The van der Waals surface area contributed by atoms with Crippen LogP contribution in [0.15, 0.2) is 12.1 Å². The lowest BCUT2D eigenvalue weighted by Crippen LogP contribution is -2.17. The van der Waals surface area contributed by atoms with Crippen molar-refractivity contribution < 1.29 is 14.8 Å². The number of ether oxygens (including phenoxy) is 1. The van der Waals surface area contributed by atoms with Gasteiger partial charge < -0.3 is 15.2 Å². The first-order valence-electron chi connectivity index (χ1n) is 5.65. The lowest BCUT2D eigenvalue weighted by Gasteiger charge is -2.14. The largest absolute Gasteiger partial charge is 0.481 e. The summed E-state index contributed by atoms with van der Waals surface area (Å²) in [4.78, 5) is 14.4. The second-order valence-electron chi connectivity index (χ2n) is 3.89. The van der Waals surface area contributed by atoms with Gasteiger partial charge in [0.05, 0.1) is 12.0 Å². The van der Waals surface area contributed by atoms with Crippen molar-refractivity contribution in [2.75, 3.05) is 19.0 Å². The molecule has 0 aliphatic heterocycles. The fourth-order valence-corrected chi connectivity index (χ4v) is 1.50. The Morgan fingerprint density at radius 2 is 2.33 bits per heavy atom. The third kappa shape index (κ3) is 3.85. The smallest absolute Gasteiger partial charge is 0.311 e. The molecule has 2 N–H and O–H groups in total. The van der Waals surface area contributed by atoms with Gasteiger partial charge in [-0.15, -0.1) is 0 Å². The molecule has 1 atom stereocenters. The van der Waals surface area contributed by atoms with Gasteiger partial charge in [-0.1, -0.05) is 0 Å². The normalized spacial score (nSPS) is 11.9. The van der Waals surface area contributed by atoms with Crippen LogP contribution in [0.4, 0.5) is 11.5 Å². The van der Waals surface area contributed by atoms with Gasteiger partial charge in [-0.05, 0) is 19.8 Å². The van der Waals surface area contributed by atoms with Gasteiger partial charge in [0.25, 0.3) is 0 Å². The van der Waals surface area contributed by atoms with E-state index in [1.54, 1.807) is 0 Å². The van der Waals surface area contributed by atoms with Gasteiger partial charge in [0.2, 0.25) is 11.7 Å². The van der Waals surface area contributed by atoms with Gasteiger partial charge in [0, 0.05) is 24.8 Å². The molecule has 0 radical (unpaired) electrons. The molecule has 0 aliphatic rings. The third-order valence-corrected chi connectivity index (χ3v) is 2.43. The summed E-state index contributed by atoms with van der Waals surface area (Å²) in [5.41, 5.74) is -0.0911. The summed E-state index contributed by atoms with van der Waals surface area (Å²) >= 11 is 0. The fourth-order valence-electron chi connectivity index (χ4n) is 1.50. The predicted molar refractivity (Wildman–Crippen MR) is 66.8 cm³/mol. The first-order chi connectivity index (χ1) is 8.58. The zero-order valence-electron chi connectivity index (χ0n) is 10.4. The summed E-state index contributed by atoms with van der Waals surface area (Å²) in [5.74, 6) is 0.502. The lowest BCUT2D eigenvalue weighted by atomic mass is 10.2. The quantitative estimate of drug-likeness (QED) is 0.567. The number of anilines is 1. The number of aromatic nitrogens is 1. The number of aliphatic hydroxyl groups excluding tert-OH is 1. The SMILES string of the molecule is COc1ccc([N+](=O)[O-])c(NC(C)CCCO)n1. The molecule has 0 amide bonds.